The number of sulfonamides is 1. The summed E-state index contributed by atoms with van der Waals surface area (Å²) in [5, 5.41) is 8.96. The molecule has 0 spiro atoms. The highest BCUT2D eigenvalue weighted by atomic mass is 35.5. The van der Waals surface area contributed by atoms with Gasteiger partial charge in [0.25, 0.3) is 5.91 Å². The van der Waals surface area contributed by atoms with Crippen LogP contribution in [0.1, 0.15) is 46.0 Å². The van der Waals surface area contributed by atoms with E-state index in [0.29, 0.717) is 43.3 Å². The van der Waals surface area contributed by atoms with Gasteiger partial charge in [-0.3, -0.25) is 14.6 Å². The van der Waals surface area contributed by atoms with Crippen LogP contribution in [0.2, 0.25) is 15.1 Å². The van der Waals surface area contributed by atoms with Crippen LogP contribution in [0.3, 0.4) is 0 Å². The fourth-order valence-corrected chi connectivity index (χ4v) is 5.79. The summed E-state index contributed by atoms with van der Waals surface area (Å²) in [7, 11) is -3.62. The molecule has 2 N–H and O–H groups in total. The number of fused-ring (bicyclic) bond motifs is 1. The second-order valence-corrected chi connectivity index (χ2v) is 13.3. The lowest BCUT2D eigenvalue weighted by Gasteiger charge is -2.30. The summed E-state index contributed by atoms with van der Waals surface area (Å²) in [5.74, 6) is -0.966. The van der Waals surface area contributed by atoms with Gasteiger partial charge < -0.3 is 10.2 Å². The van der Waals surface area contributed by atoms with Gasteiger partial charge in [-0.15, -0.1) is 0 Å². The van der Waals surface area contributed by atoms with Crippen LogP contribution in [0.5, 0.6) is 0 Å². The molecule has 0 radical (unpaired) electrons. The third-order valence-electron chi connectivity index (χ3n) is 6.88. The number of hydrogen-bond acceptors (Lipinski definition) is 6. The summed E-state index contributed by atoms with van der Waals surface area (Å²) >= 11 is 18.9. The van der Waals surface area contributed by atoms with Gasteiger partial charge in [0.05, 0.1) is 47.5 Å². The molecule has 0 aliphatic carbocycles. The Morgan fingerprint density at radius 3 is 2.41 bits per heavy atom. The van der Waals surface area contributed by atoms with Crippen LogP contribution in [0.15, 0.2) is 66.9 Å². The minimum absolute atomic E-state index is 0.0104. The number of carbonyl (C=O) groups excluding carboxylic acids is 2. The molecule has 3 heterocycles. The number of nitrogens with one attached hydrogen (secondary N) is 2. The molecular weight excluding hydrogens is 647 g/mol. The van der Waals surface area contributed by atoms with Crippen LogP contribution in [0.4, 0.5) is 0 Å². The first-order valence-electron chi connectivity index (χ1n) is 13.4. The molecule has 44 heavy (non-hydrogen) atoms. The van der Waals surface area contributed by atoms with E-state index in [2.05, 4.69) is 15.0 Å². The molecule has 14 heteroatoms. The van der Waals surface area contributed by atoms with E-state index >= 15 is 0 Å². The third-order valence-corrected chi connectivity index (χ3v) is 8.34. The number of carbonyl (C=O) groups is 2. The number of pyridine rings is 1. The van der Waals surface area contributed by atoms with E-state index in [1.165, 1.54) is 4.90 Å². The van der Waals surface area contributed by atoms with Gasteiger partial charge in [-0.05, 0) is 66.6 Å². The monoisotopic (exact) mass is 672 g/mol. The zero-order chi connectivity index (χ0) is 31.6. The van der Waals surface area contributed by atoms with Crippen molar-refractivity contribution in [2.24, 2.45) is 0 Å². The maximum atomic E-state index is 13.8. The largest absolute Gasteiger partial charge is 0.343 e. The van der Waals surface area contributed by atoms with E-state index in [4.69, 9.17) is 39.9 Å². The van der Waals surface area contributed by atoms with Crippen molar-refractivity contribution >= 4 is 68.3 Å². The summed E-state index contributed by atoms with van der Waals surface area (Å²) in [5.41, 5.74) is 3.65. The Bertz CT molecular complexity index is 1860. The minimum atomic E-state index is -3.62. The van der Waals surface area contributed by atoms with Crippen LogP contribution in [0.25, 0.3) is 17.3 Å². The van der Waals surface area contributed by atoms with Crippen molar-refractivity contribution in [2.45, 2.75) is 19.5 Å². The quantitative estimate of drug-likeness (QED) is 0.267. The van der Waals surface area contributed by atoms with Gasteiger partial charge in [0, 0.05) is 28.4 Å². The van der Waals surface area contributed by atoms with Gasteiger partial charge >= 0.3 is 0 Å². The first-order valence-corrected chi connectivity index (χ1v) is 16.4. The van der Waals surface area contributed by atoms with Crippen molar-refractivity contribution < 1.29 is 18.0 Å². The number of rotatable bonds is 8. The molecule has 2 aromatic heterocycles. The molecule has 1 aliphatic heterocycles. The topological polar surface area (TPSA) is 126 Å². The molecule has 1 aliphatic rings. The van der Waals surface area contributed by atoms with Crippen LogP contribution in [0, 0.1) is 0 Å². The summed E-state index contributed by atoms with van der Waals surface area (Å²) < 4.78 is 27.3. The van der Waals surface area contributed by atoms with Crippen molar-refractivity contribution in [2.75, 3.05) is 19.3 Å². The van der Waals surface area contributed by atoms with E-state index in [-0.39, 0.29) is 18.8 Å². The Labute approximate surface area is 269 Å². The molecule has 2 aromatic carbocycles. The first-order chi connectivity index (χ1) is 20.9. The van der Waals surface area contributed by atoms with Gasteiger partial charge in [0.15, 0.2) is 5.69 Å². The number of benzene rings is 2. The predicted molar refractivity (Wildman–Crippen MR) is 171 cm³/mol. The Balaban J connectivity index is 1.66. The van der Waals surface area contributed by atoms with E-state index in [1.807, 2.05) is 24.3 Å². The lowest BCUT2D eigenvalue weighted by molar-refractivity contribution is -0.130. The Kier molecular flexibility index (Phi) is 9.42. The average molecular weight is 674 g/mol. The van der Waals surface area contributed by atoms with Crippen molar-refractivity contribution in [1.82, 2.24) is 29.7 Å². The molecule has 228 valence electrons. The van der Waals surface area contributed by atoms with Crippen LogP contribution in [-0.4, -0.2) is 59.2 Å². The van der Waals surface area contributed by atoms with Gasteiger partial charge in [0.2, 0.25) is 15.9 Å². The maximum absolute atomic E-state index is 13.8. The summed E-state index contributed by atoms with van der Waals surface area (Å²) in [6.45, 7) is 1.45. The number of halogens is 3. The fraction of sp³-hybridized carbons (Fsp3) is 0.200. The highest BCUT2D eigenvalue weighted by molar-refractivity contribution is 7.88. The Morgan fingerprint density at radius 1 is 1.02 bits per heavy atom. The van der Waals surface area contributed by atoms with Gasteiger partial charge in [-0.25, -0.2) is 17.8 Å². The second-order valence-electron chi connectivity index (χ2n) is 10.2. The Morgan fingerprint density at radius 2 is 1.75 bits per heavy atom. The standard InChI is InChI=1S/C30H27Cl3N6O4S/c1-18(25-5-3-4-12-34-25)36-30(41)28-23-17-38(27(40)15-35-44(2,42)43)16-20(13-19-6-8-21(31)9-7-19)29(23)39(37-28)26-11-10-22(32)14-24(26)33/h3-14,18,35H,15-17H2,1-2H3,(H,36,41)/b20-13+/t18-/m1/s1. The molecule has 0 bridgehead atoms. The molecule has 0 saturated carbocycles. The molecule has 10 nitrogen and oxygen atoms in total. The van der Waals surface area contributed by atoms with E-state index in [0.717, 1.165) is 11.8 Å². The molecule has 0 saturated heterocycles. The highest BCUT2D eigenvalue weighted by Gasteiger charge is 2.34. The summed E-state index contributed by atoms with van der Waals surface area (Å²) in [6, 6.07) is 17.0. The molecule has 2 amide bonds. The SMILES string of the molecule is C[C@@H](NC(=O)c1nn(-c2ccc(Cl)cc2Cl)c2c1CN(C(=O)CNS(C)(=O)=O)C/C2=C\c1ccc(Cl)cc1)c1ccccn1. The van der Waals surface area contributed by atoms with Crippen LogP contribution in [-0.2, 0) is 21.4 Å². The number of aromatic nitrogens is 3. The first kappa shape index (κ1) is 31.7. The predicted octanol–water partition coefficient (Wildman–Crippen LogP) is 5.15. The van der Waals surface area contributed by atoms with Crippen molar-refractivity contribution in [1.29, 1.82) is 0 Å². The molecule has 4 aromatic rings. The Hall–Kier alpha value is -3.74. The third kappa shape index (κ3) is 7.31. The second kappa shape index (κ2) is 13.1. The normalized spacial score (nSPS) is 14.8. The smallest absolute Gasteiger partial charge is 0.272 e. The van der Waals surface area contributed by atoms with E-state index in [9.17, 15) is 18.0 Å². The molecule has 1 atom stereocenters. The maximum Gasteiger partial charge on any atom is 0.272 e. The summed E-state index contributed by atoms with van der Waals surface area (Å²) in [6.07, 6.45) is 4.48. The lowest BCUT2D eigenvalue weighted by Crippen LogP contribution is -2.42. The minimum Gasteiger partial charge on any atom is -0.343 e. The van der Waals surface area contributed by atoms with Crippen LogP contribution < -0.4 is 10.0 Å². The molecule has 0 unspecified atom stereocenters. The molecular formula is C30H27Cl3N6O4S. The number of hydrogen-bond donors (Lipinski definition) is 2. The van der Waals surface area contributed by atoms with Crippen molar-refractivity contribution in [3.05, 3.63) is 110 Å². The fourth-order valence-electron chi connectivity index (χ4n) is 4.79. The number of nitrogens with zero attached hydrogens (tertiary/aromatic N) is 4. The van der Waals surface area contributed by atoms with Crippen LogP contribution >= 0.6 is 34.8 Å². The van der Waals surface area contributed by atoms with E-state index in [1.54, 1.807) is 60.3 Å². The lowest BCUT2D eigenvalue weighted by atomic mass is 9.97. The zero-order valence-corrected chi connectivity index (χ0v) is 26.7. The molecule has 0 fully saturated rings. The van der Waals surface area contributed by atoms with Gasteiger partial charge in [-0.2, -0.15) is 5.10 Å². The molecule has 5 rings (SSSR count). The number of amides is 2. The highest BCUT2D eigenvalue weighted by Crippen LogP contribution is 2.36. The van der Waals surface area contributed by atoms with E-state index < -0.39 is 34.4 Å². The summed E-state index contributed by atoms with van der Waals surface area (Å²) in [4.78, 5) is 32.9. The zero-order valence-electron chi connectivity index (χ0n) is 23.6. The van der Waals surface area contributed by atoms with Crippen molar-refractivity contribution in [3.63, 3.8) is 0 Å². The van der Waals surface area contributed by atoms with Gasteiger partial charge in [0.1, 0.15) is 0 Å². The van der Waals surface area contributed by atoms with Crippen molar-refractivity contribution in [3.8, 4) is 5.69 Å². The van der Waals surface area contributed by atoms with Gasteiger partial charge in [-0.1, -0.05) is 53.0 Å². The average Bonchev–Trinajstić information content (AvgIpc) is 3.37.